The average Bonchev–Trinajstić information content (AvgIpc) is 3.13. The van der Waals surface area contributed by atoms with E-state index in [1.165, 1.54) is 0 Å². The molecule has 1 unspecified atom stereocenters. The maximum Gasteiger partial charge on any atom is 0.407 e. The number of fused-ring (bicyclic) bond motifs is 3. The van der Waals surface area contributed by atoms with Gasteiger partial charge < -0.3 is 20.5 Å². The van der Waals surface area contributed by atoms with Gasteiger partial charge in [-0.15, -0.1) is 0 Å². The molecule has 1 fully saturated rings. The minimum absolute atomic E-state index is 0.0344. The fourth-order valence-corrected chi connectivity index (χ4v) is 5.12. The van der Waals surface area contributed by atoms with Crippen molar-refractivity contribution in [2.24, 2.45) is 5.92 Å². The van der Waals surface area contributed by atoms with Crippen LogP contribution in [-0.4, -0.2) is 41.8 Å². The fourth-order valence-electron chi connectivity index (χ4n) is 5.12. The van der Waals surface area contributed by atoms with Gasteiger partial charge in [0, 0.05) is 12.0 Å². The number of nitrogens with one attached hydrogen (secondary N) is 2. The molecule has 2 atom stereocenters. The van der Waals surface area contributed by atoms with E-state index in [1.807, 2.05) is 31.2 Å². The fraction of sp³-hybridized carbons (Fsp3) is 0.464. The first-order chi connectivity index (χ1) is 17.0. The average molecular weight is 479 g/mol. The van der Waals surface area contributed by atoms with Crippen LogP contribution in [0.5, 0.6) is 0 Å². The standard InChI is InChI=1S/C28H34N2O5/c1-2-3-11-19(16-25(31)32)29-27(33)26(18-9-8-10-18)30-28(34)35-17-24-22-14-6-4-12-20(22)21-13-5-7-15-23(21)24/h4-7,12-15,18-19,24,26H,2-3,8-11,16-17H2,1H3,(H,29,33)(H,30,34)(H,31,32)/t19-,26?/m0/s1. The molecule has 0 heterocycles. The molecule has 35 heavy (non-hydrogen) atoms. The second kappa shape index (κ2) is 11.4. The van der Waals surface area contributed by atoms with E-state index in [0.717, 1.165) is 54.4 Å². The first-order valence-electron chi connectivity index (χ1n) is 12.6. The van der Waals surface area contributed by atoms with Crippen LogP contribution in [0.4, 0.5) is 4.79 Å². The Morgan fingerprint density at radius 3 is 2.17 bits per heavy atom. The van der Waals surface area contributed by atoms with Crippen molar-refractivity contribution < 1.29 is 24.2 Å². The number of hydrogen-bond acceptors (Lipinski definition) is 4. The first kappa shape index (κ1) is 24.8. The van der Waals surface area contributed by atoms with E-state index >= 15 is 0 Å². The van der Waals surface area contributed by atoms with E-state index in [4.69, 9.17) is 4.74 Å². The van der Waals surface area contributed by atoms with E-state index < -0.39 is 24.1 Å². The normalized spacial score (nSPS) is 16.4. The molecule has 186 valence electrons. The van der Waals surface area contributed by atoms with Gasteiger partial charge in [-0.3, -0.25) is 9.59 Å². The highest BCUT2D eigenvalue weighted by Gasteiger charge is 2.36. The highest BCUT2D eigenvalue weighted by atomic mass is 16.5. The Hall–Kier alpha value is -3.35. The summed E-state index contributed by atoms with van der Waals surface area (Å²) in [7, 11) is 0. The van der Waals surface area contributed by atoms with Gasteiger partial charge >= 0.3 is 12.1 Å². The number of hydrogen-bond donors (Lipinski definition) is 3. The van der Waals surface area contributed by atoms with Gasteiger partial charge in [0.1, 0.15) is 12.6 Å². The third-order valence-electron chi connectivity index (χ3n) is 7.19. The zero-order chi connectivity index (χ0) is 24.8. The van der Waals surface area contributed by atoms with Crippen molar-refractivity contribution in [3.8, 4) is 11.1 Å². The van der Waals surface area contributed by atoms with Crippen molar-refractivity contribution >= 4 is 18.0 Å². The number of amides is 2. The van der Waals surface area contributed by atoms with E-state index in [-0.39, 0.29) is 30.8 Å². The maximum absolute atomic E-state index is 13.1. The topological polar surface area (TPSA) is 105 Å². The van der Waals surface area contributed by atoms with E-state index in [2.05, 4.69) is 34.9 Å². The maximum atomic E-state index is 13.1. The minimum Gasteiger partial charge on any atom is -0.481 e. The molecule has 2 amide bonds. The lowest BCUT2D eigenvalue weighted by Gasteiger charge is -2.34. The Bertz CT molecular complexity index is 1020. The van der Waals surface area contributed by atoms with Gasteiger partial charge in [-0.05, 0) is 47.4 Å². The Kier molecular flexibility index (Phi) is 8.06. The number of alkyl carbamates (subject to hydrolysis) is 1. The number of benzene rings is 2. The van der Waals surface area contributed by atoms with Gasteiger partial charge in [0.25, 0.3) is 0 Å². The number of ether oxygens (including phenoxy) is 1. The molecule has 2 aromatic rings. The molecular formula is C28H34N2O5. The molecule has 0 bridgehead atoms. The molecule has 0 spiro atoms. The Labute approximate surface area is 206 Å². The Morgan fingerprint density at radius 2 is 1.63 bits per heavy atom. The SMILES string of the molecule is CCCC[C@@H](CC(=O)O)NC(=O)C(NC(=O)OCC1c2ccccc2-c2ccccc21)C1CCC1. The minimum atomic E-state index is -0.948. The van der Waals surface area contributed by atoms with E-state index in [1.54, 1.807) is 0 Å². The van der Waals surface area contributed by atoms with Crippen molar-refractivity contribution in [2.75, 3.05) is 6.61 Å². The van der Waals surface area contributed by atoms with Crippen LogP contribution in [0.1, 0.15) is 68.9 Å². The van der Waals surface area contributed by atoms with Gasteiger partial charge in [0.2, 0.25) is 5.91 Å². The molecule has 0 saturated heterocycles. The predicted molar refractivity (Wildman–Crippen MR) is 133 cm³/mol. The summed E-state index contributed by atoms with van der Waals surface area (Å²) < 4.78 is 5.65. The summed E-state index contributed by atoms with van der Waals surface area (Å²) in [6.45, 7) is 2.20. The monoisotopic (exact) mass is 478 g/mol. The molecule has 7 nitrogen and oxygen atoms in total. The van der Waals surface area contributed by atoms with Crippen LogP contribution in [0.3, 0.4) is 0 Å². The van der Waals surface area contributed by atoms with Crippen molar-refractivity contribution in [2.45, 2.75) is 69.9 Å². The number of carbonyl (C=O) groups excluding carboxylic acids is 2. The Morgan fingerprint density at radius 1 is 1.00 bits per heavy atom. The van der Waals surface area contributed by atoms with Gasteiger partial charge in [-0.1, -0.05) is 74.7 Å². The molecular weight excluding hydrogens is 444 g/mol. The molecule has 2 aliphatic carbocycles. The van der Waals surface area contributed by atoms with Crippen LogP contribution in [0.25, 0.3) is 11.1 Å². The van der Waals surface area contributed by atoms with Gasteiger partial charge in [0.05, 0.1) is 6.42 Å². The van der Waals surface area contributed by atoms with E-state index in [0.29, 0.717) is 6.42 Å². The van der Waals surface area contributed by atoms with Crippen LogP contribution >= 0.6 is 0 Å². The van der Waals surface area contributed by atoms with Crippen molar-refractivity contribution in [3.63, 3.8) is 0 Å². The van der Waals surface area contributed by atoms with Crippen LogP contribution in [0.2, 0.25) is 0 Å². The number of aliphatic carboxylic acids is 1. The zero-order valence-corrected chi connectivity index (χ0v) is 20.2. The van der Waals surface area contributed by atoms with Crippen LogP contribution < -0.4 is 10.6 Å². The number of carboxylic acid groups (broad SMARTS) is 1. The molecule has 2 aromatic carbocycles. The highest BCUT2D eigenvalue weighted by Crippen LogP contribution is 2.44. The molecule has 4 rings (SSSR count). The largest absolute Gasteiger partial charge is 0.481 e. The number of unbranched alkanes of at least 4 members (excludes halogenated alkanes) is 1. The highest BCUT2D eigenvalue weighted by molar-refractivity contribution is 5.87. The Balaban J connectivity index is 1.39. The van der Waals surface area contributed by atoms with Crippen molar-refractivity contribution in [1.82, 2.24) is 10.6 Å². The van der Waals surface area contributed by atoms with E-state index in [9.17, 15) is 19.5 Å². The summed E-state index contributed by atoms with van der Waals surface area (Å²) in [5.41, 5.74) is 4.56. The molecule has 7 heteroatoms. The second-order valence-corrected chi connectivity index (χ2v) is 9.58. The molecule has 3 N–H and O–H groups in total. The van der Waals surface area contributed by atoms with Gasteiger partial charge in [0.15, 0.2) is 0 Å². The molecule has 0 radical (unpaired) electrons. The molecule has 2 aliphatic rings. The van der Waals surface area contributed by atoms with Crippen LogP contribution in [0, 0.1) is 5.92 Å². The number of carboxylic acids is 1. The summed E-state index contributed by atoms with van der Waals surface area (Å²) in [5.74, 6) is -1.30. The molecule has 1 saturated carbocycles. The third-order valence-corrected chi connectivity index (χ3v) is 7.19. The lowest BCUT2D eigenvalue weighted by molar-refractivity contribution is -0.138. The summed E-state index contributed by atoms with van der Waals surface area (Å²) >= 11 is 0. The third kappa shape index (κ3) is 5.84. The zero-order valence-electron chi connectivity index (χ0n) is 20.2. The lowest BCUT2D eigenvalue weighted by atomic mass is 9.79. The smallest absolute Gasteiger partial charge is 0.407 e. The van der Waals surface area contributed by atoms with Crippen molar-refractivity contribution in [1.29, 1.82) is 0 Å². The first-order valence-corrected chi connectivity index (χ1v) is 12.6. The summed E-state index contributed by atoms with van der Waals surface area (Å²) in [6, 6.07) is 15.1. The second-order valence-electron chi connectivity index (χ2n) is 9.58. The van der Waals surface area contributed by atoms with Crippen LogP contribution in [0.15, 0.2) is 48.5 Å². The number of carbonyl (C=O) groups is 3. The quantitative estimate of drug-likeness (QED) is 0.429. The lowest BCUT2D eigenvalue weighted by Crippen LogP contribution is -2.54. The van der Waals surface area contributed by atoms with Gasteiger partial charge in [-0.2, -0.15) is 0 Å². The summed E-state index contributed by atoms with van der Waals surface area (Å²) in [6.07, 6.45) is 4.28. The summed E-state index contributed by atoms with van der Waals surface area (Å²) in [5, 5.41) is 14.9. The number of rotatable bonds is 11. The molecule has 0 aliphatic heterocycles. The summed E-state index contributed by atoms with van der Waals surface area (Å²) in [4.78, 5) is 37.1. The van der Waals surface area contributed by atoms with Gasteiger partial charge in [-0.25, -0.2) is 4.79 Å². The van der Waals surface area contributed by atoms with Crippen molar-refractivity contribution in [3.05, 3.63) is 59.7 Å². The molecule has 0 aromatic heterocycles. The van der Waals surface area contributed by atoms with Crippen LogP contribution in [-0.2, 0) is 14.3 Å². The predicted octanol–water partition coefficient (Wildman–Crippen LogP) is 4.84.